The van der Waals surface area contributed by atoms with Gasteiger partial charge < -0.3 is 14.6 Å². The monoisotopic (exact) mass is 380 g/mol. The van der Waals surface area contributed by atoms with Gasteiger partial charge in [-0.3, -0.25) is 4.79 Å². The van der Waals surface area contributed by atoms with Crippen molar-refractivity contribution in [2.24, 2.45) is 5.92 Å². The van der Waals surface area contributed by atoms with Gasteiger partial charge >= 0.3 is 5.97 Å². The SMILES string of the molecule is CC(C(=O)O)[C@@H]1COc2cc(OCCc3ccc(Cl)cc3Cl)ccc21. The Balaban J connectivity index is 1.62. The van der Waals surface area contributed by atoms with E-state index in [-0.39, 0.29) is 5.92 Å². The Hall–Kier alpha value is -1.91. The molecular weight excluding hydrogens is 363 g/mol. The summed E-state index contributed by atoms with van der Waals surface area (Å²) in [5, 5.41) is 10.4. The molecule has 1 aliphatic heterocycles. The van der Waals surface area contributed by atoms with E-state index >= 15 is 0 Å². The first kappa shape index (κ1) is 17.9. The maximum absolute atomic E-state index is 11.2. The molecule has 1 heterocycles. The van der Waals surface area contributed by atoms with Crippen LogP contribution >= 0.6 is 23.2 Å². The molecule has 2 aromatic rings. The van der Waals surface area contributed by atoms with Crippen molar-refractivity contribution in [3.8, 4) is 11.5 Å². The first-order chi connectivity index (χ1) is 12.0. The van der Waals surface area contributed by atoms with Gasteiger partial charge in [-0.15, -0.1) is 0 Å². The zero-order valence-electron chi connectivity index (χ0n) is 13.7. The van der Waals surface area contributed by atoms with Gasteiger partial charge in [0.15, 0.2) is 0 Å². The zero-order valence-corrected chi connectivity index (χ0v) is 15.2. The Morgan fingerprint density at radius 1 is 1.32 bits per heavy atom. The summed E-state index contributed by atoms with van der Waals surface area (Å²) in [5.74, 6) is -0.0521. The van der Waals surface area contributed by atoms with Crippen molar-refractivity contribution in [1.82, 2.24) is 0 Å². The van der Waals surface area contributed by atoms with E-state index in [1.807, 2.05) is 24.3 Å². The van der Waals surface area contributed by atoms with Crippen LogP contribution in [0.1, 0.15) is 24.0 Å². The van der Waals surface area contributed by atoms with Crippen LogP contribution in [0.4, 0.5) is 0 Å². The molecule has 1 unspecified atom stereocenters. The van der Waals surface area contributed by atoms with Crippen LogP contribution in [0.3, 0.4) is 0 Å². The predicted octanol–water partition coefficient (Wildman–Crippen LogP) is 4.81. The third kappa shape index (κ3) is 4.02. The summed E-state index contributed by atoms with van der Waals surface area (Å²) < 4.78 is 11.4. The lowest BCUT2D eigenvalue weighted by Crippen LogP contribution is -2.19. The van der Waals surface area contributed by atoms with E-state index in [1.165, 1.54) is 0 Å². The molecule has 1 N–H and O–H groups in total. The highest BCUT2D eigenvalue weighted by Crippen LogP contribution is 2.40. The van der Waals surface area contributed by atoms with Crippen molar-refractivity contribution in [2.45, 2.75) is 19.3 Å². The van der Waals surface area contributed by atoms with Crippen LogP contribution in [0, 0.1) is 5.92 Å². The van der Waals surface area contributed by atoms with Crippen LogP contribution in [0.25, 0.3) is 0 Å². The molecule has 0 radical (unpaired) electrons. The third-order valence-electron chi connectivity index (χ3n) is 4.45. The maximum atomic E-state index is 11.2. The maximum Gasteiger partial charge on any atom is 0.306 e. The van der Waals surface area contributed by atoms with Gasteiger partial charge in [-0.1, -0.05) is 42.3 Å². The van der Waals surface area contributed by atoms with Crippen LogP contribution in [-0.4, -0.2) is 24.3 Å². The van der Waals surface area contributed by atoms with Gasteiger partial charge in [-0.2, -0.15) is 0 Å². The second-order valence-electron chi connectivity index (χ2n) is 6.08. The van der Waals surface area contributed by atoms with E-state index in [4.69, 9.17) is 32.7 Å². The number of hydrogen-bond acceptors (Lipinski definition) is 3. The van der Waals surface area contributed by atoms with E-state index in [0.29, 0.717) is 41.2 Å². The number of benzene rings is 2. The van der Waals surface area contributed by atoms with Gasteiger partial charge in [0.25, 0.3) is 0 Å². The molecule has 0 aliphatic carbocycles. The highest BCUT2D eigenvalue weighted by atomic mass is 35.5. The number of aliphatic carboxylic acids is 1. The fraction of sp³-hybridized carbons (Fsp3) is 0.316. The van der Waals surface area contributed by atoms with Crippen molar-refractivity contribution < 1.29 is 19.4 Å². The molecule has 0 amide bonds. The Kier molecular flexibility index (Phi) is 5.40. The molecule has 2 atom stereocenters. The molecule has 0 fully saturated rings. The second-order valence-corrected chi connectivity index (χ2v) is 6.92. The number of fused-ring (bicyclic) bond motifs is 1. The van der Waals surface area contributed by atoms with Gasteiger partial charge in [0.2, 0.25) is 0 Å². The van der Waals surface area contributed by atoms with E-state index in [2.05, 4.69) is 0 Å². The average molecular weight is 381 g/mol. The minimum atomic E-state index is -0.818. The number of carboxylic acids is 1. The summed E-state index contributed by atoms with van der Waals surface area (Å²) in [7, 11) is 0. The van der Waals surface area contributed by atoms with Gasteiger partial charge in [0, 0.05) is 34.0 Å². The average Bonchev–Trinajstić information content (AvgIpc) is 2.99. The van der Waals surface area contributed by atoms with E-state index < -0.39 is 11.9 Å². The molecular formula is C19H18Cl2O4. The normalized spacial score (nSPS) is 16.8. The van der Waals surface area contributed by atoms with Gasteiger partial charge in [0.1, 0.15) is 11.5 Å². The highest BCUT2D eigenvalue weighted by molar-refractivity contribution is 6.35. The number of ether oxygens (including phenoxy) is 2. The number of carboxylic acid groups (broad SMARTS) is 1. The fourth-order valence-electron chi connectivity index (χ4n) is 2.89. The lowest BCUT2D eigenvalue weighted by atomic mass is 9.89. The van der Waals surface area contributed by atoms with E-state index in [9.17, 15) is 9.90 Å². The summed E-state index contributed by atoms with van der Waals surface area (Å²) in [6, 6.07) is 10.9. The Labute approximate surface area is 156 Å². The fourth-order valence-corrected chi connectivity index (χ4v) is 3.40. The molecule has 6 heteroatoms. The van der Waals surface area contributed by atoms with Gasteiger partial charge in [0.05, 0.1) is 19.1 Å². The molecule has 2 aromatic carbocycles. The molecule has 0 spiro atoms. The first-order valence-corrected chi connectivity index (χ1v) is 8.77. The smallest absolute Gasteiger partial charge is 0.306 e. The molecule has 0 bridgehead atoms. The zero-order chi connectivity index (χ0) is 18.0. The standard InChI is InChI=1S/C19H18Cl2O4/c1-11(19(22)23)16-10-25-18-9-14(4-5-15(16)18)24-7-6-12-2-3-13(20)8-17(12)21/h2-5,8-9,11,16H,6-7,10H2,1H3,(H,22,23)/t11?,16-/m0/s1. The summed E-state index contributed by atoms with van der Waals surface area (Å²) in [4.78, 5) is 11.2. The van der Waals surface area contributed by atoms with Crippen molar-refractivity contribution >= 4 is 29.2 Å². The van der Waals surface area contributed by atoms with Crippen molar-refractivity contribution in [3.63, 3.8) is 0 Å². The summed E-state index contributed by atoms with van der Waals surface area (Å²) >= 11 is 12.0. The summed E-state index contributed by atoms with van der Waals surface area (Å²) in [6.45, 7) is 2.55. The largest absolute Gasteiger partial charge is 0.493 e. The summed E-state index contributed by atoms with van der Waals surface area (Å²) in [6.07, 6.45) is 0.659. The third-order valence-corrected chi connectivity index (χ3v) is 5.04. The lowest BCUT2D eigenvalue weighted by molar-refractivity contribution is -0.142. The van der Waals surface area contributed by atoms with Gasteiger partial charge in [-0.25, -0.2) is 0 Å². The van der Waals surface area contributed by atoms with E-state index in [1.54, 1.807) is 19.1 Å². The number of hydrogen-bond donors (Lipinski definition) is 1. The Morgan fingerprint density at radius 2 is 2.12 bits per heavy atom. The number of halogens is 2. The van der Waals surface area contributed by atoms with Crippen LogP contribution in [0.2, 0.25) is 10.0 Å². The Morgan fingerprint density at radius 3 is 2.84 bits per heavy atom. The van der Waals surface area contributed by atoms with Crippen LogP contribution in [0.5, 0.6) is 11.5 Å². The minimum absolute atomic E-state index is 0.130. The van der Waals surface area contributed by atoms with E-state index in [0.717, 1.165) is 11.1 Å². The first-order valence-electron chi connectivity index (χ1n) is 8.02. The van der Waals surface area contributed by atoms with Crippen molar-refractivity contribution in [3.05, 3.63) is 57.6 Å². The molecule has 1 aliphatic rings. The summed E-state index contributed by atoms with van der Waals surface area (Å²) in [5.41, 5.74) is 1.89. The quantitative estimate of drug-likeness (QED) is 0.780. The molecule has 0 saturated heterocycles. The number of carbonyl (C=O) groups is 1. The van der Waals surface area contributed by atoms with Crippen LogP contribution in [0.15, 0.2) is 36.4 Å². The minimum Gasteiger partial charge on any atom is -0.493 e. The molecule has 0 saturated carbocycles. The van der Waals surface area contributed by atoms with Crippen LogP contribution < -0.4 is 9.47 Å². The molecule has 25 heavy (non-hydrogen) atoms. The molecule has 4 nitrogen and oxygen atoms in total. The highest BCUT2D eigenvalue weighted by Gasteiger charge is 2.32. The number of rotatable bonds is 6. The molecule has 132 valence electrons. The second kappa shape index (κ2) is 7.54. The molecule has 0 aromatic heterocycles. The topological polar surface area (TPSA) is 55.8 Å². The van der Waals surface area contributed by atoms with Crippen LogP contribution in [-0.2, 0) is 11.2 Å². The van der Waals surface area contributed by atoms with Gasteiger partial charge in [-0.05, 0) is 23.8 Å². The molecule has 3 rings (SSSR count). The Bertz CT molecular complexity index is 791. The predicted molar refractivity (Wildman–Crippen MR) is 97.1 cm³/mol. The van der Waals surface area contributed by atoms with Crippen molar-refractivity contribution in [1.29, 1.82) is 0 Å². The van der Waals surface area contributed by atoms with Crippen molar-refractivity contribution in [2.75, 3.05) is 13.2 Å². The lowest BCUT2D eigenvalue weighted by Gasteiger charge is -2.13.